The minimum absolute atomic E-state index is 0.176. The van der Waals surface area contributed by atoms with Crippen molar-refractivity contribution in [3.8, 4) is 0 Å². The van der Waals surface area contributed by atoms with Gasteiger partial charge >= 0.3 is 5.97 Å². The number of aliphatic carboxylic acids is 1. The van der Waals surface area contributed by atoms with Gasteiger partial charge in [-0.15, -0.1) is 0 Å². The van der Waals surface area contributed by atoms with Crippen LogP contribution in [0.25, 0.3) is 0 Å². The number of aryl methyl sites for hydroxylation is 1. The Kier molecular flexibility index (Phi) is 7.08. The van der Waals surface area contributed by atoms with Crippen molar-refractivity contribution >= 4 is 17.5 Å². The number of carboxylic acid groups (broad SMARTS) is 1. The van der Waals surface area contributed by atoms with Gasteiger partial charge in [0.2, 0.25) is 0 Å². The zero-order valence-corrected chi connectivity index (χ0v) is 14.1. The fourth-order valence-corrected chi connectivity index (χ4v) is 2.72. The molecule has 0 radical (unpaired) electrons. The maximum absolute atomic E-state index is 12.3. The van der Waals surface area contributed by atoms with E-state index in [1.54, 1.807) is 30.3 Å². The van der Waals surface area contributed by atoms with Crippen LogP contribution in [-0.4, -0.2) is 22.6 Å². The van der Waals surface area contributed by atoms with Crippen molar-refractivity contribution in [1.82, 2.24) is 0 Å². The van der Waals surface area contributed by atoms with Gasteiger partial charge in [-0.1, -0.05) is 60.7 Å². The first kappa shape index (κ1) is 18.6. The van der Waals surface area contributed by atoms with Crippen LogP contribution in [0.2, 0.25) is 0 Å². The summed E-state index contributed by atoms with van der Waals surface area (Å²) in [7, 11) is 0. The molecule has 0 fully saturated rings. The van der Waals surface area contributed by atoms with Gasteiger partial charge in [0.1, 0.15) is 11.7 Å². The third kappa shape index (κ3) is 5.99. The molecule has 0 aliphatic rings. The van der Waals surface area contributed by atoms with Gasteiger partial charge in [0, 0.05) is 18.4 Å². The van der Waals surface area contributed by atoms with Gasteiger partial charge in [0.05, 0.1) is 0 Å². The van der Waals surface area contributed by atoms with Crippen molar-refractivity contribution in [2.45, 2.75) is 32.1 Å². The molecule has 0 saturated carbocycles. The van der Waals surface area contributed by atoms with Gasteiger partial charge in [0.15, 0.2) is 5.78 Å². The highest BCUT2D eigenvalue weighted by Gasteiger charge is 2.29. The summed E-state index contributed by atoms with van der Waals surface area (Å²) >= 11 is 0. The average molecular weight is 338 g/mol. The van der Waals surface area contributed by atoms with Crippen LogP contribution in [0.3, 0.4) is 0 Å². The van der Waals surface area contributed by atoms with E-state index < -0.39 is 17.7 Å². The van der Waals surface area contributed by atoms with Crippen molar-refractivity contribution < 1.29 is 19.5 Å². The number of unbranched alkanes of at least 4 members (excludes halogenated alkanes) is 1. The zero-order chi connectivity index (χ0) is 18.1. The predicted molar refractivity (Wildman–Crippen MR) is 95.5 cm³/mol. The number of hydrogen-bond donors (Lipinski definition) is 1. The topological polar surface area (TPSA) is 71.4 Å². The molecule has 2 aromatic carbocycles. The van der Waals surface area contributed by atoms with E-state index in [1.807, 2.05) is 30.3 Å². The van der Waals surface area contributed by atoms with Crippen LogP contribution in [0.5, 0.6) is 0 Å². The Bertz CT molecular complexity index is 707. The highest BCUT2D eigenvalue weighted by Crippen LogP contribution is 2.16. The van der Waals surface area contributed by atoms with Crippen LogP contribution >= 0.6 is 0 Å². The minimum Gasteiger partial charge on any atom is -0.481 e. The number of ketones is 2. The molecular weight excluding hydrogens is 316 g/mol. The first-order valence-corrected chi connectivity index (χ1v) is 8.45. The molecule has 0 spiro atoms. The summed E-state index contributed by atoms with van der Waals surface area (Å²) < 4.78 is 0. The lowest BCUT2D eigenvalue weighted by molar-refractivity contribution is -0.141. The molecule has 0 bridgehead atoms. The summed E-state index contributed by atoms with van der Waals surface area (Å²) in [6.07, 6.45) is 2.51. The Labute approximate surface area is 147 Å². The summed E-state index contributed by atoms with van der Waals surface area (Å²) in [5, 5.41) is 9.30. The van der Waals surface area contributed by atoms with E-state index in [0.717, 1.165) is 12.8 Å². The normalized spacial score (nSPS) is 11.7. The number of carbonyl (C=O) groups is 3. The van der Waals surface area contributed by atoms with Crippen molar-refractivity contribution in [2.24, 2.45) is 5.92 Å². The molecule has 0 heterocycles. The first-order valence-electron chi connectivity index (χ1n) is 8.45. The molecule has 1 N–H and O–H groups in total. The average Bonchev–Trinajstić information content (AvgIpc) is 2.64. The third-order valence-electron chi connectivity index (χ3n) is 4.12. The van der Waals surface area contributed by atoms with E-state index >= 15 is 0 Å². The molecule has 1 unspecified atom stereocenters. The first-order chi connectivity index (χ1) is 12.1. The molecule has 130 valence electrons. The van der Waals surface area contributed by atoms with Gasteiger partial charge in [0.25, 0.3) is 0 Å². The number of carbonyl (C=O) groups excluding carboxylic acids is 2. The van der Waals surface area contributed by atoms with E-state index in [2.05, 4.69) is 0 Å². The lowest BCUT2D eigenvalue weighted by atomic mass is 9.91. The van der Waals surface area contributed by atoms with Crippen molar-refractivity contribution in [3.05, 3.63) is 71.8 Å². The second-order valence-electron chi connectivity index (χ2n) is 6.06. The Balaban J connectivity index is 1.82. The van der Waals surface area contributed by atoms with Crippen LogP contribution in [0.4, 0.5) is 0 Å². The third-order valence-corrected chi connectivity index (χ3v) is 4.12. The monoisotopic (exact) mass is 338 g/mol. The molecule has 2 rings (SSSR count). The van der Waals surface area contributed by atoms with Crippen LogP contribution in [0, 0.1) is 5.92 Å². The second-order valence-corrected chi connectivity index (χ2v) is 6.06. The Morgan fingerprint density at radius 2 is 1.44 bits per heavy atom. The van der Waals surface area contributed by atoms with E-state index in [1.165, 1.54) is 5.56 Å². The molecule has 1 atom stereocenters. The lowest BCUT2D eigenvalue weighted by Crippen LogP contribution is -2.26. The molecule has 0 aromatic heterocycles. The number of carboxylic acids is 1. The summed E-state index contributed by atoms with van der Waals surface area (Å²) in [4.78, 5) is 35.8. The Morgan fingerprint density at radius 1 is 0.840 bits per heavy atom. The lowest BCUT2D eigenvalue weighted by Gasteiger charge is -2.11. The molecule has 4 heteroatoms. The molecule has 4 nitrogen and oxygen atoms in total. The van der Waals surface area contributed by atoms with Crippen molar-refractivity contribution in [2.75, 3.05) is 0 Å². The fourth-order valence-electron chi connectivity index (χ4n) is 2.72. The van der Waals surface area contributed by atoms with Crippen molar-refractivity contribution in [1.29, 1.82) is 0 Å². The largest absolute Gasteiger partial charge is 0.481 e. The SMILES string of the molecule is O=C(CCCCc1ccccc1)CC(C(=O)O)C(=O)c1ccccc1. The molecule has 25 heavy (non-hydrogen) atoms. The summed E-state index contributed by atoms with van der Waals surface area (Å²) in [5.41, 5.74) is 1.55. The summed E-state index contributed by atoms with van der Waals surface area (Å²) in [6, 6.07) is 18.3. The maximum atomic E-state index is 12.3. The van der Waals surface area contributed by atoms with Crippen LogP contribution in [0.1, 0.15) is 41.6 Å². The molecule has 0 saturated heterocycles. The van der Waals surface area contributed by atoms with E-state index in [-0.39, 0.29) is 12.2 Å². The van der Waals surface area contributed by atoms with Crippen LogP contribution in [-0.2, 0) is 16.0 Å². The zero-order valence-electron chi connectivity index (χ0n) is 14.1. The number of rotatable bonds is 10. The van der Waals surface area contributed by atoms with Gasteiger partial charge in [-0.25, -0.2) is 0 Å². The molecule has 0 amide bonds. The smallest absolute Gasteiger partial charge is 0.314 e. The van der Waals surface area contributed by atoms with E-state index in [9.17, 15) is 19.5 Å². The molecule has 0 aliphatic carbocycles. The number of hydrogen-bond acceptors (Lipinski definition) is 3. The Morgan fingerprint density at radius 3 is 2.04 bits per heavy atom. The van der Waals surface area contributed by atoms with Gasteiger partial charge in [-0.3, -0.25) is 14.4 Å². The highest BCUT2D eigenvalue weighted by atomic mass is 16.4. The highest BCUT2D eigenvalue weighted by molar-refractivity contribution is 6.10. The van der Waals surface area contributed by atoms with E-state index in [4.69, 9.17) is 0 Å². The number of benzene rings is 2. The fraction of sp³-hybridized carbons (Fsp3) is 0.286. The molecule has 2 aromatic rings. The van der Waals surface area contributed by atoms with Gasteiger partial charge < -0.3 is 5.11 Å². The number of Topliss-reactive ketones (excluding diaryl/α,β-unsaturated/α-hetero) is 2. The van der Waals surface area contributed by atoms with Gasteiger partial charge in [-0.2, -0.15) is 0 Å². The van der Waals surface area contributed by atoms with Gasteiger partial charge in [-0.05, 0) is 24.8 Å². The molecule has 0 aliphatic heterocycles. The quantitative estimate of drug-likeness (QED) is 0.404. The summed E-state index contributed by atoms with van der Waals surface area (Å²) in [6.45, 7) is 0. The maximum Gasteiger partial charge on any atom is 0.314 e. The van der Waals surface area contributed by atoms with Crippen LogP contribution in [0.15, 0.2) is 60.7 Å². The van der Waals surface area contributed by atoms with E-state index in [0.29, 0.717) is 18.4 Å². The predicted octanol–water partition coefficient (Wildman–Crippen LogP) is 3.94. The Hall–Kier alpha value is -2.75. The summed E-state index contributed by atoms with van der Waals surface area (Å²) in [5.74, 6) is -3.23. The van der Waals surface area contributed by atoms with Crippen LogP contribution < -0.4 is 0 Å². The minimum atomic E-state index is -1.30. The second kappa shape index (κ2) is 9.52. The standard InChI is InChI=1S/C21H22O4/c22-18(14-8-7-11-16-9-3-1-4-10-16)15-19(21(24)25)20(23)17-12-5-2-6-13-17/h1-6,9-10,12-13,19H,7-8,11,14-15H2,(H,24,25). The molecular formula is C21H22O4. The van der Waals surface area contributed by atoms with Crippen molar-refractivity contribution in [3.63, 3.8) is 0 Å².